The zero-order valence-corrected chi connectivity index (χ0v) is 23.8. The Hall–Kier alpha value is -3.94. The second kappa shape index (κ2) is 11.8. The molecule has 4 rings (SSSR count). The van der Waals surface area contributed by atoms with Crippen LogP contribution in [0.2, 0.25) is 5.02 Å². The highest BCUT2D eigenvalue weighted by Crippen LogP contribution is 2.30. The van der Waals surface area contributed by atoms with Gasteiger partial charge in [0.15, 0.2) is 0 Å². The van der Waals surface area contributed by atoms with Gasteiger partial charge < -0.3 is 0 Å². The molecule has 0 saturated heterocycles. The Morgan fingerprint density at radius 3 is 2.23 bits per heavy atom. The van der Waals surface area contributed by atoms with Crippen LogP contribution in [0.5, 0.6) is 0 Å². The van der Waals surface area contributed by atoms with E-state index in [0.29, 0.717) is 10.6 Å². The zero-order chi connectivity index (χ0) is 28.2. The monoisotopic (exact) mass is 559 g/mol. The predicted molar refractivity (Wildman–Crippen MR) is 158 cm³/mol. The Bertz CT molecular complexity index is 1630. The van der Waals surface area contributed by atoms with Gasteiger partial charge in [-0.15, -0.1) is 0 Å². The number of hydrogen-bond acceptors (Lipinski definition) is 4. The summed E-state index contributed by atoms with van der Waals surface area (Å²) >= 11 is 6.05. The number of amides is 1. The van der Waals surface area contributed by atoms with Crippen molar-refractivity contribution in [1.29, 1.82) is 0 Å². The molecule has 0 unspecified atom stereocenters. The number of rotatable bonds is 8. The van der Waals surface area contributed by atoms with E-state index in [4.69, 9.17) is 11.6 Å². The zero-order valence-electron chi connectivity index (χ0n) is 22.3. The number of nitrogens with one attached hydrogen (secondary N) is 1. The molecule has 0 radical (unpaired) electrons. The number of nitrogens with zero attached hydrogens (tertiary/aromatic N) is 2. The molecule has 0 aliphatic rings. The van der Waals surface area contributed by atoms with Crippen molar-refractivity contribution >= 4 is 39.4 Å². The number of hydrogen-bond donors (Lipinski definition) is 1. The fourth-order valence-electron chi connectivity index (χ4n) is 4.11. The molecule has 0 aromatic heterocycles. The maximum Gasteiger partial charge on any atom is 0.273 e. The van der Waals surface area contributed by atoms with E-state index < -0.39 is 15.9 Å². The summed E-state index contributed by atoms with van der Waals surface area (Å²) in [5.74, 6) is -0.524. The van der Waals surface area contributed by atoms with Gasteiger partial charge in [-0.3, -0.25) is 9.10 Å². The smallest absolute Gasteiger partial charge is 0.267 e. The number of carbonyl (C=O) groups is 1. The lowest BCUT2D eigenvalue weighted by atomic mass is 10.00. The molecule has 0 heterocycles. The lowest BCUT2D eigenvalue weighted by molar-refractivity contribution is 0.0955. The fourth-order valence-corrected chi connectivity index (χ4v) is 5.71. The topological polar surface area (TPSA) is 78.8 Å². The first-order chi connectivity index (χ1) is 18.6. The fraction of sp³-hybridized carbons (Fsp3) is 0.161. The average Bonchev–Trinajstić information content (AvgIpc) is 2.93. The van der Waals surface area contributed by atoms with Gasteiger partial charge in [-0.2, -0.15) is 5.10 Å². The molecule has 0 fully saturated rings. The molecule has 0 bridgehead atoms. The highest BCUT2D eigenvalue weighted by Gasteiger charge is 2.28. The van der Waals surface area contributed by atoms with Crippen LogP contribution < -0.4 is 9.73 Å². The van der Waals surface area contributed by atoms with Gasteiger partial charge in [-0.25, -0.2) is 13.8 Å². The van der Waals surface area contributed by atoms with Crippen molar-refractivity contribution in [2.24, 2.45) is 5.10 Å². The summed E-state index contributed by atoms with van der Waals surface area (Å²) in [5, 5.41) is 4.71. The quantitative estimate of drug-likeness (QED) is 0.192. The molecule has 4 aromatic carbocycles. The SMILES string of the molecule is Cc1ccc(S(=O)(=O)N(Cc2ccc(Cl)cc2)c2ccccc2C(=O)N/N=C\c2ccc(C)c(C)c2C)cc1. The Morgan fingerprint density at radius 2 is 1.54 bits per heavy atom. The third kappa shape index (κ3) is 6.38. The summed E-state index contributed by atoms with van der Waals surface area (Å²) in [5.41, 5.74) is 8.94. The van der Waals surface area contributed by atoms with Gasteiger partial charge in [-0.05, 0) is 91.9 Å². The molecule has 0 spiro atoms. The van der Waals surface area contributed by atoms with E-state index in [1.54, 1.807) is 79.0 Å². The van der Waals surface area contributed by atoms with Gasteiger partial charge in [0.25, 0.3) is 15.9 Å². The minimum atomic E-state index is -4.03. The van der Waals surface area contributed by atoms with Gasteiger partial charge in [0.2, 0.25) is 0 Å². The third-order valence-electron chi connectivity index (χ3n) is 6.74. The number of carbonyl (C=O) groups excluding carboxylic acids is 1. The van der Waals surface area contributed by atoms with Crippen molar-refractivity contribution in [1.82, 2.24) is 5.43 Å². The van der Waals surface area contributed by atoms with E-state index in [1.165, 1.54) is 9.87 Å². The summed E-state index contributed by atoms with van der Waals surface area (Å²) in [6.45, 7) is 7.98. The Morgan fingerprint density at radius 1 is 0.872 bits per heavy atom. The van der Waals surface area contributed by atoms with Crippen molar-refractivity contribution < 1.29 is 13.2 Å². The van der Waals surface area contributed by atoms with E-state index in [0.717, 1.165) is 22.3 Å². The molecular weight excluding hydrogens is 530 g/mol. The van der Waals surface area contributed by atoms with Gasteiger partial charge in [0.1, 0.15) is 0 Å². The van der Waals surface area contributed by atoms with Crippen molar-refractivity contribution in [3.8, 4) is 0 Å². The van der Waals surface area contributed by atoms with Crippen molar-refractivity contribution in [2.75, 3.05) is 4.31 Å². The van der Waals surface area contributed by atoms with Crippen LogP contribution in [0.4, 0.5) is 5.69 Å². The highest BCUT2D eigenvalue weighted by atomic mass is 35.5. The van der Waals surface area contributed by atoms with Crippen LogP contribution in [0.1, 0.15) is 43.7 Å². The van der Waals surface area contributed by atoms with Crippen molar-refractivity contribution in [3.05, 3.63) is 129 Å². The molecule has 8 heteroatoms. The number of hydrazone groups is 1. The van der Waals surface area contributed by atoms with Crippen molar-refractivity contribution in [3.63, 3.8) is 0 Å². The molecular formula is C31H30ClN3O3S. The van der Waals surface area contributed by atoms with Gasteiger partial charge in [0.05, 0.1) is 28.9 Å². The maximum absolute atomic E-state index is 13.9. The molecule has 0 atom stereocenters. The Kier molecular flexibility index (Phi) is 8.53. The lowest BCUT2D eigenvalue weighted by Gasteiger charge is -2.26. The van der Waals surface area contributed by atoms with Crippen molar-refractivity contribution in [2.45, 2.75) is 39.1 Å². The van der Waals surface area contributed by atoms with Gasteiger partial charge in [0, 0.05) is 5.02 Å². The average molecular weight is 560 g/mol. The first-order valence-electron chi connectivity index (χ1n) is 12.4. The number of para-hydroxylation sites is 1. The van der Waals surface area contributed by atoms with E-state index >= 15 is 0 Å². The number of anilines is 1. The maximum atomic E-state index is 13.9. The minimum absolute atomic E-state index is 0.00276. The lowest BCUT2D eigenvalue weighted by Crippen LogP contribution is -2.33. The molecule has 4 aromatic rings. The van der Waals surface area contributed by atoms with E-state index in [1.807, 2.05) is 39.8 Å². The first kappa shape index (κ1) is 28.1. The standard InChI is InChI=1S/C31H30ClN3O3S/c1-21-9-17-28(18-10-21)39(37,38)35(20-25-12-15-27(32)16-13-25)30-8-6-5-7-29(30)31(36)34-33-19-26-14-11-22(2)23(3)24(26)4/h5-19H,20H2,1-4H3,(H,34,36)/b33-19-. The Labute approximate surface area is 235 Å². The largest absolute Gasteiger partial charge is 0.273 e. The second-order valence-corrected chi connectivity index (χ2v) is 11.7. The number of aryl methyl sites for hydroxylation is 2. The van der Waals surface area contributed by atoms with Crippen LogP contribution in [0.25, 0.3) is 0 Å². The van der Waals surface area contributed by atoms with Crippen LogP contribution >= 0.6 is 11.6 Å². The minimum Gasteiger partial charge on any atom is -0.267 e. The third-order valence-corrected chi connectivity index (χ3v) is 8.76. The van der Waals surface area contributed by atoms with E-state index in [-0.39, 0.29) is 22.7 Å². The summed E-state index contributed by atoms with van der Waals surface area (Å²) in [7, 11) is -4.03. The first-order valence-corrected chi connectivity index (χ1v) is 14.2. The van der Waals surface area contributed by atoms with E-state index in [9.17, 15) is 13.2 Å². The summed E-state index contributed by atoms with van der Waals surface area (Å²) < 4.78 is 29.1. The number of halogens is 1. The molecule has 0 saturated carbocycles. The highest BCUT2D eigenvalue weighted by molar-refractivity contribution is 7.92. The van der Waals surface area contributed by atoms with Crippen LogP contribution in [0, 0.1) is 27.7 Å². The van der Waals surface area contributed by atoms with Crippen LogP contribution in [-0.2, 0) is 16.6 Å². The Balaban J connectivity index is 1.71. The number of benzene rings is 4. The summed E-state index contributed by atoms with van der Waals surface area (Å²) in [4.78, 5) is 13.4. The second-order valence-electron chi connectivity index (χ2n) is 9.39. The molecule has 200 valence electrons. The number of sulfonamides is 1. The summed E-state index contributed by atoms with van der Waals surface area (Å²) in [6, 6.07) is 24.1. The van der Waals surface area contributed by atoms with Crippen LogP contribution in [0.3, 0.4) is 0 Å². The predicted octanol–water partition coefficient (Wildman–Crippen LogP) is 6.73. The van der Waals surface area contributed by atoms with E-state index in [2.05, 4.69) is 10.5 Å². The molecule has 6 nitrogen and oxygen atoms in total. The van der Waals surface area contributed by atoms with Gasteiger partial charge >= 0.3 is 0 Å². The molecule has 0 aliphatic carbocycles. The van der Waals surface area contributed by atoms with Crippen LogP contribution in [0.15, 0.2) is 94.9 Å². The molecule has 0 aliphatic heterocycles. The normalized spacial score (nSPS) is 11.5. The van der Waals surface area contributed by atoms with Gasteiger partial charge in [-0.1, -0.05) is 65.7 Å². The molecule has 1 amide bonds. The van der Waals surface area contributed by atoms with Crippen LogP contribution in [-0.4, -0.2) is 20.5 Å². The molecule has 1 N–H and O–H groups in total. The summed E-state index contributed by atoms with van der Waals surface area (Å²) in [6.07, 6.45) is 1.59. The molecule has 39 heavy (non-hydrogen) atoms.